The summed E-state index contributed by atoms with van der Waals surface area (Å²) in [6, 6.07) is 21.1. The van der Waals surface area contributed by atoms with Crippen molar-refractivity contribution in [1.82, 2.24) is 5.32 Å². The minimum atomic E-state index is 0.802. The third-order valence-electron chi connectivity index (χ3n) is 4.59. The van der Waals surface area contributed by atoms with Crippen LogP contribution in [0.15, 0.2) is 60.7 Å². The van der Waals surface area contributed by atoms with E-state index in [2.05, 4.69) is 70.1 Å². The summed E-state index contributed by atoms with van der Waals surface area (Å²) < 4.78 is 0. The number of aryl methyl sites for hydroxylation is 1. The average molecular weight is 330 g/mol. The van der Waals surface area contributed by atoms with Crippen LogP contribution in [-0.2, 0) is 6.54 Å². The maximum atomic E-state index is 6.22. The normalized spacial score (nSPS) is 12.3. The van der Waals surface area contributed by atoms with Gasteiger partial charge in [-0.2, -0.15) is 0 Å². The first-order chi connectivity index (χ1) is 12.2. The molecule has 0 saturated heterocycles. The highest BCUT2D eigenvalue weighted by atomic mass is 15.2. The molecule has 126 valence electrons. The topological polar surface area (TPSA) is 53.3 Å². The second-order valence-electron chi connectivity index (χ2n) is 6.40. The third kappa shape index (κ3) is 2.71. The molecule has 0 spiro atoms. The van der Waals surface area contributed by atoms with Gasteiger partial charge in [0.2, 0.25) is 0 Å². The Kier molecular flexibility index (Phi) is 3.82. The quantitative estimate of drug-likeness (QED) is 0.471. The Morgan fingerprint density at radius 2 is 1.72 bits per heavy atom. The molecule has 0 fully saturated rings. The van der Waals surface area contributed by atoms with E-state index in [4.69, 9.17) is 5.73 Å². The highest BCUT2D eigenvalue weighted by Crippen LogP contribution is 2.49. The van der Waals surface area contributed by atoms with E-state index in [0.717, 1.165) is 46.2 Å². The Bertz CT molecular complexity index is 919. The van der Waals surface area contributed by atoms with Crippen molar-refractivity contribution in [3.05, 3.63) is 71.8 Å². The fraction of sp³-hybridized carbons (Fsp3) is 0.143. The minimum Gasteiger partial charge on any atom is -0.398 e. The second-order valence-corrected chi connectivity index (χ2v) is 6.40. The average Bonchev–Trinajstić information content (AvgIpc) is 2.62. The van der Waals surface area contributed by atoms with Crippen molar-refractivity contribution in [3.8, 4) is 0 Å². The number of nitrogens with zero attached hydrogens (tertiary/aromatic N) is 1. The van der Waals surface area contributed by atoms with E-state index in [1.807, 2.05) is 20.0 Å². The lowest BCUT2D eigenvalue weighted by molar-refractivity contribution is 0.818. The molecule has 25 heavy (non-hydrogen) atoms. The highest BCUT2D eigenvalue weighted by Gasteiger charge is 2.25. The number of rotatable bonds is 3. The lowest BCUT2D eigenvalue weighted by Gasteiger charge is -2.35. The van der Waals surface area contributed by atoms with Crippen molar-refractivity contribution in [1.29, 1.82) is 0 Å². The molecule has 1 aliphatic rings. The third-order valence-corrected chi connectivity index (χ3v) is 4.59. The summed E-state index contributed by atoms with van der Waals surface area (Å²) in [7, 11) is 1.96. The van der Waals surface area contributed by atoms with Gasteiger partial charge in [-0.05, 0) is 61.5 Å². The maximum absolute atomic E-state index is 6.22. The largest absolute Gasteiger partial charge is 0.398 e. The molecule has 4 heteroatoms. The molecule has 0 saturated carbocycles. The molecular weight excluding hydrogens is 308 g/mol. The molecule has 0 radical (unpaired) electrons. The molecule has 1 heterocycles. The Morgan fingerprint density at radius 3 is 2.48 bits per heavy atom. The van der Waals surface area contributed by atoms with Gasteiger partial charge in [0.1, 0.15) is 0 Å². The Morgan fingerprint density at radius 1 is 0.960 bits per heavy atom. The molecule has 3 aromatic carbocycles. The molecule has 0 bridgehead atoms. The van der Waals surface area contributed by atoms with Gasteiger partial charge >= 0.3 is 0 Å². The Labute approximate surface area is 148 Å². The minimum absolute atomic E-state index is 0.802. The second kappa shape index (κ2) is 6.15. The van der Waals surface area contributed by atoms with E-state index in [-0.39, 0.29) is 0 Å². The van der Waals surface area contributed by atoms with Crippen LogP contribution < -0.4 is 21.3 Å². The van der Waals surface area contributed by atoms with Gasteiger partial charge < -0.3 is 21.3 Å². The van der Waals surface area contributed by atoms with Crippen LogP contribution in [0.25, 0.3) is 0 Å². The molecule has 0 aliphatic carbocycles. The number of nitrogens with two attached hydrogens (primary N) is 1. The number of benzene rings is 3. The monoisotopic (exact) mass is 330 g/mol. The van der Waals surface area contributed by atoms with Gasteiger partial charge in [-0.1, -0.05) is 24.3 Å². The van der Waals surface area contributed by atoms with Crippen molar-refractivity contribution in [2.24, 2.45) is 0 Å². The number of fused-ring (bicyclic) bond motifs is 2. The number of para-hydroxylation sites is 1. The summed E-state index contributed by atoms with van der Waals surface area (Å²) in [5.41, 5.74) is 14.8. The molecule has 3 aromatic rings. The Hall–Kier alpha value is -2.98. The van der Waals surface area contributed by atoms with Gasteiger partial charge in [0, 0.05) is 17.9 Å². The van der Waals surface area contributed by atoms with Crippen LogP contribution in [0.2, 0.25) is 0 Å². The molecule has 0 amide bonds. The van der Waals surface area contributed by atoms with Crippen molar-refractivity contribution in [2.45, 2.75) is 13.5 Å². The van der Waals surface area contributed by atoms with E-state index in [1.54, 1.807) is 0 Å². The van der Waals surface area contributed by atoms with Crippen molar-refractivity contribution >= 4 is 34.1 Å². The van der Waals surface area contributed by atoms with Gasteiger partial charge in [-0.15, -0.1) is 0 Å². The fourth-order valence-corrected chi connectivity index (χ4v) is 3.31. The van der Waals surface area contributed by atoms with Crippen molar-refractivity contribution in [2.75, 3.05) is 23.0 Å². The van der Waals surface area contributed by atoms with E-state index in [9.17, 15) is 0 Å². The summed E-state index contributed by atoms with van der Waals surface area (Å²) in [5, 5.41) is 6.78. The summed E-state index contributed by atoms with van der Waals surface area (Å²) in [4.78, 5) is 2.27. The summed E-state index contributed by atoms with van der Waals surface area (Å²) in [6.45, 7) is 2.87. The number of nitrogen functional groups attached to an aromatic ring is 1. The summed E-state index contributed by atoms with van der Waals surface area (Å²) in [6.07, 6.45) is 0. The smallest absolute Gasteiger partial charge is 0.0718 e. The van der Waals surface area contributed by atoms with Crippen LogP contribution in [0.3, 0.4) is 0 Å². The molecular formula is C21H22N4. The zero-order chi connectivity index (χ0) is 17.4. The van der Waals surface area contributed by atoms with E-state index in [1.165, 1.54) is 5.56 Å². The van der Waals surface area contributed by atoms with Crippen LogP contribution in [-0.4, -0.2) is 7.05 Å². The SMILES string of the molecule is CNCc1ccc2c(c1)N(c1ccccc1)c1cc(N)c(C)cc1N2. The first-order valence-electron chi connectivity index (χ1n) is 8.47. The number of hydrogen-bond acceptors (Lipinski definition) is 4. The van der Waals surface area contributed by atoms with Gasteiger partial charge in [0.15, 0.2) is 0 Å². The predicted octanol–water partition coefficient (Wildman–Crippen LogP) is 4.82. The lowest BCUT2D eigenvalue weighted by Crippen LogP contribution is -2.19. The molecule has 0 atom stereocenters. The molecule has 4 rings (SSSR count). The van der Waals surface area contributed by atoms with Gasteiger partial charge in [0.25, 0.3) is 0 Å². The maximum Gasteiger partial charge on any atom is 0.0718 e. The Balaban J connectivity index is 1.94. The van der Waals surface area contributed by atoms with Gasteiger partial charge in [-0.25, -0.2) is 0 Å². The summed E-state index contributed by atoms with van der Waals surface area (Å²) in [5.74, 6) is 0. The van der Waals surface area contributed by atoms with Gasteiger partial charge in [-0.3, -0.25) is 0 Å². The number of anilines is 6. The molecule has 0 aromatic heterocycles. The zero-order valence-electron chi connectivity index (χ0n) is 14.5. The lowest BCUT2D eigenvalue weighted by atomic mass is 10.0. The number of nitrogens with one attached hydrogen (secondary N) is 2. The van der Waals surface area contributed by atoms with Crippen molar-refractivity contribution in [3.63, 3.8) is 0 Å². The molecule has 0 unspecified atom stereocenters. The first-order valence-corrected chi connectivity index (χ1v) is 8.47. The summed E-state index contributed by atoms with van der Waals surface area (Å²) >= 11 is 0. The van der Waals surface area contributed by atoms with Gasteiger partial charge in [0.05, 0.1) is 22.7 Å². The van der Waals surface area contributed by atoms with E-state index >= 15 is 0 Å². The standard InChI is InChI=1S/C21H22N4/c1-14-10-19-21(12-17(14)22)25(16-6-4-3-5-7-16)20-11-15(13-23-2)8-9-18(20)24-19/h3-12,23-24H,13,22H2,1-2H3. The molecule has 4 nitrogen and oxygen atoms in total. The first kappa shape index (κ1) is 15.5. The van der Waals surface area contributed by atoms with Crippen molar-refractivity contribution < 1.29 is 0 Å². The van der Waals surface area contributed by atoms with E-state index < -0.39 is 0 Å². The fourth-order valence-electron chi connectivity index (χ4n) is 3.31. The van der Waals surface area contributed by atoms with Crippen LogP contribution in [0, 0.1) is 6.92 Å². The highest BCUT2D eigenvalue weighted by molar-refractivity contribution is 5.98. The zero-order valence-corrected chi connectivity index (χ0v) is 14.5. The molecule has 1 aliphatic heterocycles. The van der Waals surface area contributed by atoms with Crippen LogP contribution in [0.5, 0.6) is 0 Å². The van der Waals surface area contributed by atoms with E-state index in [0.29, 0.717) is 0 Å². The van der Waals surface area contributed by atoms with Crippen LogP contribution in [0.4, 0.5) is 34.1 Å². The van der Waals surface area contributed by atoms with Crippen LogP contribution in [0.1, 0.15) is 11.1 Å². The predicted molar refractivity (Wildman–Crippen MR) is 106 cm³/mol. The van der Waals surface area contributed by atoms with Crippen LogP contribution >= 0.6 is 0 Å². The molecule has 4 N–H and O–H groups in total. The number of hydrogen-bond donors (Lipinski definition) is 3.